The molecule has 1 aliphatic heterocycles. The molecule has 3 rings (SSSR count). The predicted molar refractivity (Wildman–Crippen MR) is 112 cm³/mol. The molecule has 0 bridgehead atoms. The van der Waals surface area contributed by atoms with E-state index in [1.165, 1.54) is 16.9 Å². The van der Waals surface area contributed by atoms with Crippen LogP contribution in [0.3, 0.4) is 0 Å². The first-order chi connectivity index (χ1) is 13.5. The van der Waals surface area contributed by atoms with Gasteiger partial charge < -0.3 is 10.2 Å². The molecule has 0 atom stereocenters. The Morgan fingerprint density at radius 3 is 2.54 bits per heavy atom. The van der Waals surface area contributed by atoms with E-state index in [-0.39, 0.29) is 24.2 Å². The molecule has 0 aliphatic carbocycles. The lowest BCUT2D eigenvalue weighted by Gasteiger charge is -2.34. The summed E-state index contributed by atoms with van der Waals surface area (Å²) in [4.78, 5) is 33.0. The molecule has 0 spiro atoms. The number of nitrogens with zero attached hydrogens (tertiary/aromatic N) is 3. The zero-order valence-corrected chi connectivity index (χ0v) is 17.4. The quantitative estimate of drug-likeness (QED) is 0.776. The molecule has 28 heavy (non-hydrogen) atoms. The standard InChI is InChI=1S/C21H28N4O2S/c1-16(2)20(27)23-21-22-18(15-28-21)14-19(26)25-12-10-24(11-13-25)9-8-17-6-4-3-5-7-17/h3-7,15-16H,8-14H2,1-2H3,(H,22,23,27). The van der Waals surface area contributed by atoms with E-state index in [9.17, 15) is 9.59 Å². The van der Waals surface area contributed by atoms with Crippen LogP contribution in [0.4, 0.5) is 5.13 Å². The van der Waals surface area contributed by atoms with Gasteiger partial charge in [0.15, 0.2) is 5.13 Å². The summed E-state index contributed by atoms with van der Waals surface area (Å²) in [6.45, 7) is 8.04. The number of amides is 2. The Morgan fingerprint density at radius 1 is 1.14 bits per heavy atom. The molecule has 1 saturated heterocycles. The first kappa shape index (κ1) is 20.5. The zero-order valence-electron chi connectivity index (χ0n) is 16.6. The topological polar surface area (TPSA) is 65.5 Å². The van der Waals surface area contributed by atoms with E-state index in [1.54, 1.807) is 0 Å². The van der Waals surface area contributed by atoms with Gasteiger partial charge in [-0.3, -0.25) is 14.5 Å². The largest absolute Gasteiger partial charge is 0.340 e. The molecule has 1 aliphatic rings. The second-order valence-corrected chi connectivity index (χ2v) is 8.28. The number of aromatic nitrogens is 1. The van der Waals surface area contributed by atoms with Crippen molar-refractivity contribution in [3.05, 3.63) is 47.0 Å². The Hall–Kier alpha value is -2.25. The number of piperazine rings is 1. The summed E-state index contributed by atoms with van der Waals surface area (Å²) in [5, 5.41) is 5.20. The third-order valence-corrected chi connectivity index (χ3v) is 5.73. The molecule has 0 unspecified atom stereocenters. The van der Waals surface area contributed by atoms with Gasteiger partial charge in [0.05, 0.1) is 12.1 Å². The van der Waals surface area contributed by atoms with Crippen LogP contribution in [0.1, 0.15) is 25.1 Å². The Balaban J connectivity index is 1.41. The summed E-state index contributed by atoms with van der Waals surface area (Å²) >= 11 is 1.37. The number of anilines is 1. The van der Waals surface area contributed by atoms with Gasteiger partial charge in [0.1, 0.15) is 0 Å². The molecule has 1 N–H and O–H groups in total. The van der Waals surface area contributed by atoms with Crippen molar-refractivity contribution in [1.82, 2.24) is 14.8 Å². The van der Waals surface area contributed by atoms with Crippen molar-refractivity contribution in [3.8, 4) is 0 Å². The lowest BCUT2D eigenvalue weighted by Crippen LogP contribution is -2.49. The normalized spacial score (nSPS) is 15.0. The molecule has 150 valence electrons. The molecule has 1 aromatic carbocycles. The van der Waals surface area contributed by atoms with Gasteiger partial charge in [-0.15, -0.1) is 11.3 Å². The first-order valence-corrected chi connectivity index (χ1v) is 10.7. The second-order valence-electron chi connectivity index (χ2n) is 7.42. The van der Waals surface area contributed by atoms with Crippen molar-refractivity contribution < 1.29 is 9.59 Å². The fraction of sp³-hybridized carbons (Fsp3) is 0.476. The molecular weight excluding hydrogens is 372 g/mol. The van der Waals surface area contributed by atoms with E-state index in [2.05, 4.69) is 39.5 Å². The minimum absolute atomic E-state index is 0.0566. The lowest BCUT2D eigenvalue weighted by atomic mass is 10.1. The van der Waals surface area contributed by atoms with E-state index < -0.39 is 0 Å². The molecule has 2 amide bonds. The van der Waals surface area contributed by atoms with Crippen molar-refractivity contribution in [1.29, 1.82) is 0 Å². The fourth-order valence-corrected chi connectivity index (χ4v) is 3.83. The maximum absolute atomic E-state index is 12.6. The summed E-state index contributed by atoms with van der Waals surface area (Å²) in [5.41, 5.74) is 2.07. The van der Waals surface area contributed by atoms with Crippen molar-refractivity contribution in [3.63, 3.8) is 0 Å². The number of rotatable bonds is 7. The lowest BCUT2D eigenvalue weighted by molar-refractivity contribution is -0.132. The molecule has 0 saturated carbocycles. The second kappa shape index (κ2) is 9.80. The molecule has 2 heterocycles. The summed E-state index contributed by atoms with van der Waals surface area (Å²) in [6, 6.07) is 10.5. The average molecular weight is 401 g/mol. The Morgan fingerprint density at radius 2 is 1.86 bits per heavy atom. The van der Waals surface area contributed by atoms with Gasteiger partial charge in [-0.25, -0.2) is 4.98 Å². The van der Waals surface area contributed by atoms with Crippen LogP contribution in [0.2, 0.25) is 0 Å². The molecular formula is C21H28N4O2S. The van der Waals surface area contributed by atoms with Crippen LogP contribution < -0.4 is 5.32 Å². The Labute approximate surface area is 170 Å². The van der Waals surface area contributed by atoms with Crippen LogP contribution in [0.25, 0.3) is 0 Å². The van der Waals surface area contributed by atoms with Crippen LogP contribution in [-0.4, -0.2) is 59.3 Å². The molecule has 6 nitrogen and oxygen atoms in total. The maximum atomic E-state index is 12.6. The van der Waals surface area contributed by atoms with Gasteiger partial charge in [-0.2, -0.15) is 0 Å². The Bertz CT molecular complexity index is 783. The SMILES string of the molecule is CC(C)C(=O)Nc1nc(CC(=O)N2CCN(CCc3ccccc3)CC2)cs1. The number of nitrogens with one attached hydrogen (secondary N) is 1. The fourth-order valence-electron chi connectivity index (χ4n) is 3.11. The minimum Gasteiger partial charge on any atom is -0.340 e. The number of carbonyl (C=O) groups excluding carboxylic acids is 2. The van der Waals surface area contributed by atoms with Gasteiger partial charge in [-0.1, -0.05) is 44.2 Å². The van der Waals surface area contributed by atoms with Crippen LogP contribution in [0.15, 0.2) is 35.7 Å². The number of carbonyl (C=O) groups is 2. The minimum atomic E-state index is -0.0906. The van der Waals surface area contributed by atoms with Gasteiger partial charge in [-0.05, 0) is 12.0 Å². The van der Waals surface area contributed by atoms with E-state index in [4.69, 9.17) is 0 Å². The van der Waals surface area contributed by atoms with Crippen LogP contribution in [0, 0.1) is 5.92 Å². The van der Waals surface area contributed by atoms with Crippen LogP contribution in [-0.2, 0) is 22.4 Å². The van der Waals surface area contributed by atoms with Gasteiger partial charge in [0, 0.05) is 44.0 Å². The monoisotopic (exact) mass is 400 g/mol. The highest BCUT2D eigenvalue weighted by Gasteiger charge is 2.22. The van der Waals surface area contributed by atoms with E-state index in [0.29, 0.717) is 5.13 Å². The highest BCUT2D eigenvalue weighted by Crippen LogP contribution is 2.17. The highest BCUT2D eigenvalue weighted by molar-refractivity contribution is 7.13. The summed E-state index contributed by atoms with van der Waals surface area (Å²) < 4.78 is 0. The molecule has 2 aromatic rings. The number of thiazole rings is 1. The summed E-state index contributed by atoms with van der Waals surface area (Å²) in [7, 11) is 0. The van der Waals surface area contributed by atoms with E-state index in [1.807, 2.05) is 30.2 Å². The molecule has 0 radical (unpaired) electrons. The van der Waals surface area contributed by atoms with Crippen molar-refractivity contribution >= 4 is 28.3 Å². The van der Waals surface area contributed by atoms with Gasteiger partial charge >= 0.3 is 0 Å². The van der Waals surface area contributed by atoms with Crippen LogP contribution in [0.5, 0.6) is 0 Å². The van der Waals surface area contributed by atoms with Gasteiger partial charge in [0.25, 0.3) is 0 Å². The number of hydrogen-bond donors (Lipinski definition) is 1. The molecule has 7 heteroatoms. The third-order valence-electron chi connectivity index (χ3n) is 4.92. The molecule has 1 aromatic heterocycles. The van der Waals surface area contributed by atoms with Crippen molar-refractivity contribution in [2.24, 2.45) is 5.92 Å². The van der Waals surface area contributed by atoms with E-state index >= 15 is 0 Å². The number of hydrogen-bond acceptors (Lipinski definition) is 5. The van der Waals surface area contributed by atoms with E-state index in [0.717, 1.165) is 44.8 Å². The molecule has 1 fully saturated rings. The van der Waals surface area contributed by atoms with Crippen molar-refractivity contribution in [2.45, 2.75) is 26.7 Å². The van der Waals surface area contributed by atoms with Crippen LogP contribution >= 0.6 is 11.3 Å². The summed E-state index contributed by atoms with van der Waals surface area (Å²) in [6.07, 6.45) is 1.33. The first-order valence-electron chi connectivity index (χ1n) is 9.80. The maximum Gasteiger partial charge on any atom is 0.228 e. The third kappa shape index (κ3) is 5.87. The van der Waals surface area contributed by atoms with Gasteiger partial charge in [0.2, 0.25) is 11.8 Å². The predicted octanol–water partition coefficient (Wildman–Crippen LogP) is 2.67. The highest BCUT2D eigenvalue weighted by atomic mass is 32.1. The summed E-state index contributed by atoms with van der Waals surface area (Å²) in [5.74, 6) is -0.0410. The smallest absolute Gasteiger partial charge is 0.228 e. The zero-order chi connectivity index (χ0) is 19.9. The Kier molecular flexibility index (Phi) is 7.17. The average Bonchev–Trinajstić information content (AvgIpc) is 3.14. The van der Waals surface area contributed by atoms with Crippen molar-refractivity contribution in [2.75, 3.05) is 38.0 Å². The number of benzene rings is 1.